The van der Waals surface area contributed by atoms with E-state index in [9.17, 15) is 30.3 Å². The third kappa shape index (κ3) is 4.25. The first-order valence-electron chi connectivity index (χ1n) is 16.8. The molecular weight excluding hydrogens is 548 g/mol. The summed E-state index contributed by atoms with van der Waals surface area (Å²) < 4.78 is 11.3. The second-order valence-corrected chi connectivity index (χ2v) is 17.5. The molecule has 8 heteroatoms. The maximum Gasteiger partial charge on any atom is 0.317 e. The Labute approximate surface area is 257 Å². The van der Waals surface area contributed by atoms with Crippen molar-refractivity contribution in [2.24, 2.45) is 50.2 Å². The highest BCUT2D eigenvalue weighted by molar-refractivity contribution is 5.80. The Bertz CT molecular complexity index is 1160. The summed E-state index contributed by atoms with van der Waals surface area (Å²) in [6.45, 7) is 16.0. The van der Waals surface area contributed by atoms with Crippen LogP contribution in [-0.2, 0) is 14.3 Å². The highest BCUT2D eigenvalue weighted by Crippen LogP contribution is 2.75. The van der Waals surface area contributed by atoms with Gasteiger partial charge in [0, 0.05) is 0 Å². The van der Waals surface area contributed by atoms with Crippen molar-refractivity contribution in [3.63, 3.8) is 0 Å². The van der Waals surface area contributed by atoms with Gasteiger partial charge in [-0.05, 0) is 103 Å². The number of esters is 1. The Morgan fingerprint density at radius 3 is 2.23 bits per heavy atom. The van der Waals surface area contributed by atoms with E-state index in [4.69, 9.17) is 9.47 Å². The number of hydrogen-bond acceptors (Lipinski definition) is 8. The molecule has 0 aromatic heterocycles. The van der Waals surface area contributed by atoms with Gasteiger partial charge in [0.25, 0.3) is 0 Å². The summed E-state index contributed by atoms with van der Waals surface area (Å²) in [5.74, 6) is 0.0253. The lowest BCUT2D eigenvalue weighted by molar-refractivity contribution is -0.274. The van der Waals surface area contributed by atoms with Gasteiger partial charge in [0.05, 0.1) is 18.8 Å². The number of aliphatic hydroxyl groups is 5. The van der Waals surface area contributed by atoms with Gasteiger partial charge >= 0.3 is 5.97 Å². The van der Waals surface area contributed by atoms with Crippen LogP contribution in [-0.4, -0.2) is 74.9 Å². The third-order valence-electron chi connectivity index (χ3n) is 14.7. The van der Waals surface area contributed by atoms with Gasteiger partial charge in [0.2, 0.25) is 6.29 Å². The van der Waals surface area contributed by atoms with Crippen molar-refractivity contribution in [3.05, 3.63) is 11.6 Å². The third-order valence-corrected chi connectivity index (χ3v) is 14.7. The van der Waals surface area contributed by atoms with Crippen LogP contribution in [0.1, 0.15) is 106 Å². The highest BCUT2D eigenvalue weighted by Gasteiger charge is 2.71. The molecule has 6 rings (SSSR count). The van der Waals surface area contributed by atoms with Gasteiger partial charge in [-0.1, -0.05) is 60.1 Å². The van der Waals surface area contributed by atoms with Crippen molar-refractivity contribution in [1.29, 1.82) is 0 Å². The van der Waals surface area contributed by atoms with Crippen molar-refractivity contribution in [2.45, 2.75) is 143 Å². The van der Waals surface area contributed by atoms with Crippen LogP contribution in [0, 0.1) is 50.2 Å². The molecule has 4 saturated carbocycles. The van der Waals surface area contributed by atoms with Crippen LogP contribution in [0.25, 0.3) is 0 Å². The van der Waals surface area contributed by atoms with Crippen molar-refractivity contribution in [2.75, 3.05) is 6.61 Å². The molecule has 1 heterocycles. The zero-order chi connectivity index (χ0) is 31.5. The number of aliphatic hydroxyl groups excluding tert-OH is 5. The number of allylic oxidation sites excluding steroid dienone is 2. The minimum absolute atomic E-state index is 0.0284. The molecular formula is C35H56O8. The van der Waals surface area contributed by atoms with Gasteiger partial charge in [-0.15, -0.1) is 0 Å². The number of rotatable bonds is 2. The summed E-state index contributed by atoms with van der Waals surface area (Å²) in [5, 5.41) is 54.0. The molecule has 0 aromatic rings. The normalized spacial score (nSPS) is 53.8. The van der Waals surface area contributed by atoms with Crippen LogP contribution in [0.15, 0.2) is 11.6 Å². The van der Waals surface area contributed by atoms with E-state index in [1.807, 2.05) is 0 Å². The molecule has 0 radical (unpaired) electrons. The first-order chi connectivity index (χ1) is 19.8. The lowest BCUT2D eigenvalue weighted by Crippen LogP contribution is -2.68. The monoisotopic (exact) mass is 604 g/mol. The summed E-state index contributed by atoms with van der Waals surface area (Å²) in [6, 6.07) is 0. The van der Waals surface area contributed by atoms with Gasteiger partial charge in [-0.25, -0.2) is 0 Å². The molecule has 43 heavy (non-hydrogen) atoms. The van der Waals surface area contributed by atoms with E-state index in [1.54, 1.807) is 0 Å². The van der Waals surface area contributed by atoms with Crippen molar-refractivity contribution < 1.29 is 39.8 Å². The number of ether oxygens (including phenoxy) is 2. The summed E-state index contributed by atoms with van der Waals surface area (Å²) in [6.07, 6.45) is 2.71. The Hall–Kier alpha value is -1.03. The van der Waals surface area contributed by atoms with E-state index >= 15 is 0 Å². The van der Waals surface area contributed by atoms with E-state index in [1.165, 1.54) is 5.57 Å². The van der Waals surface area contributed by atoms with E-state index < -0.39 is 42.1 Å². The van der Waals surface area contributed by atoms with E-state index in [0.717, 1.165) is 44.9 Å². The standard InChI is InChI=1S/C35H56O8/c1-30(2)14-15-35(29(41)43-28-27(40)26(39)21(36)18-42-28)20(16-30)19-8-9-23-32(5)12-11-24(37)31(3,4)22(32)10-13-33(23,6)34(19,7)17-25(35)38/h8,20-28,36-40H,9-18H2,1-7H3/t20-,21+,22?,23+,24-,25?,26-,27-,28+,32-,33+,34+,35+/m0/s1. The van der Waals surface area contributed by atoms with Crippen LogP contribution in [0.3, 0.4) is 0 Å². The lowest BCUT2D eigenvalue weighted by Gasteiger charge is -2.71. The predicted molar refractivity (Wildman–Crippen MR) is 160 cm³/mol. The molecule has 2 unspecified atom stereocenters. The molecule has 5 fully saturated rings. The van der Waals surface area contributed by atoms with E-state index in [2.05, 4.69) is 54.5 Å². The molecule has 5 aliphatic carbocycles. The summed E-state index contributed by atoms with van der Waals surface area (Å²) >= 11 is 0. The van der Waals surface area contributed by atoms with Crippen LogP contribution in [0.5, 0.6) is 0 Å². The first kappa shape index (κ1) is 31.9. The highest BCUT2D eigenvalue weighted by atomic mass is 16.7. The fourth-order valence-electron chi connectivity index (χ4n) is 11.8. The topological polar surface area (TPSA) is 137 Å². The molecule has 13 atom stereocenters. The van der Waals surface area contributed by atoms with Crippen molar-refractivity contribution in [1.82, 2.24) is 0 Å². The SMILES string of the molecule is CC1(C)CC[C@]2(C(=O)O[C@H]3OC[C@@H](O)[C@H](O)[C@@H]3O)C(O)C[C@]3(C)C(=CC[C@@H]4[C@@]5(C)CC[C@H](O)C(C)(C)C5CC[C@]43C)[C@@H]2C1. The average Bonchev–Trinajstić information content (AvgIpc) is 2.91. The molecule has 1 saturated heterocycles. The molecule has 0 aromatic carbocycles. The van der Waals surface area contributed by atoms with Gasteiger partial charge < -0.3 is 35.0 Å². The Kier molecular flexibility index (Phi) is 7.41. The molecule has 244 valence electrons. The van der Waals surface area contributed by atoms with Gasteiger partial charge in [-0.2, -0.15) is 0 Å². The minimum Gasteiger partial charge on any atom is -0.432 e. The van der Waals surface area contributed by atoms with E-state index in [0.29, 0.717) is 24.7 Å². The zero-order valence-corrected chi connectivity index (χ0v) is 27.3. The smallest absolute Gasteiger partial charge is 0.317 e. The quantitative estimate of drug-likeness (QED) is 0.235. The maximum absolute atomic E-state index is 14.3. The fourth-order valence-corrected chi connectivity index (χ4v) is 11.8. The largest absolute Gasteiger partial charge is 0.432 e. The predicted octanol–water partition coefficient (Wildman–Crippen LogP) is 4.10. The van der Waals surface area contributed by atoms with Crippen molar-refractivity contribution in [3.8, 4) is 0 Å². The molecule has 0 amide bonds. The lowest BCUT2D eigenvalue weighted by atomic mass is 9.33. The maximum atomic E-state index is 14.3. The Morgan fingerprint density at radius 2 is 1.53 bits per heavy atom. The molecule has 0 spiro atoms. The number of carbonyl (C=O) groups excluding carboxylic acids is 1. The Balaban J connectivity index is 1.39. The fraction of sp³-hybridized carbons (Fsp3) is 0.914. The Morgan fingerprint density at radius 1 is 0.837 bits per heavy atom. The summed E-state index contributed by atoms with van der Waals surface area (Å²) in [7, 11) is 0. The number of carbonyl (C=O) groups is 1. The van der Waals surface area contributed by atoms with Gasteiger partial charge in [0.15, 0.2) is 0 Å². The summed E-state index contributed by atoms with van der Waals surface area (Å²) in [4.78, 5) is 14.3. The molecule has 6 aliphatic rings. The zero-order valence-electron chi connectivity index (χ0n) is 27.3. The molecule has 8 nitrogen and oxygen atoms in total. The van der Waals surface area contributed by atoms with Crippen LogP contribution in [0.2, 0.25) is 0 Å². The average molecular weight is 605 g/mol. The second-order valence-electron chi connectivity index (χ2n) is 17.5. The molecule has 5 N–H and O–H groups in total. The first-order valence-corrected chi connectivity index (χ1v) is 16.8. The van der Waals surface area contributed by atoms with Gasteiger partial charge in [-0.3, -0.25) is 4.79 Å². The molecule has 0 bridgehead atoms. The van der Waals surface area contributed by atoms with Crippen molar-refractivity contribution >= 4 is 5.97 Å². The van der Waals surface area contributed by atoms with E-state index in [-0.39, 0.29) is 45.7 Å². The second kappa shape index (κ2) is 9.98. The van der Waals surface area contributed by atoms with Gasteiger partial charge in [0.1, 0.15) is 23.7 Å². The summed E-state index contributed by atoms with van der Waals surface area (Å²) in [5.41, 5.74) is -0.392. The van der Waals surface area contributed by atoms with Crippen LogP contribution < -0.4 is 0 Å². The minimum atomic E-state index is -1.57. The molecule has 1 aliphatic heterocycles. The number of hydrogen-bond donors (Lipinski definition) is 5. The van der Waals surface area contributed by atoms with Crippen LogP contribution in [0.4, 0.5) is 0 Å². The van der Waals surface area contributed by atoms with Crippen LogP contribution >= 0.6 is 0 Å². The number of fused-ring (bicyclic) bond motifs is 7.